The van der Waals surface area contributed by atoms with Crippen LogP contribution in [0.25, 0.3) is 0 Å². The molecule has 1 aromatic rings. The van der Waals surface area contributed by atoms with Crippen LogP contribution in [0.15, 0.2) is 9.52 Å². The summed E-state index contributed by atoms with van der Waals surface area (Å²) in [6.45, 7) is 16.7. The van der Waals surface area contributed by atoms with E-state index in [4.69, 9.17) is 9.52 Å². The van der Waals surface area contributed by atoms with Crippen molar-refractivity contribution in [1.82, 2.24) is 20.7 Å². The quantitative estimate of drug-likeness (QED) is 0.386. The molecule has 0 radical (unpaired) electrons. The van der Waals surface area contributed by atoms with E-state index < -0.39 is 0 Å². The van der Waals surface area contributed by atoms with Gasteiger partial charge >= 0.3 is 0 Å². The first-order valence-electron chi connectivity index (χ1n) is 9.13. The molecule has 2 rings (SSSR count). The number of aryl methyl sites for hydroxylation is 2. The van der Waals surface area contributed by atoms with E-state index in [0.29, 0.717) is 18.0 Å². The average Bonchev–Trinajstić information content (AvgIpc) is 3.04. The van der Waals surface area contributed by atoms with Gasteiger partial charge in [0.05, 0.1) is 5.69 Å². The standard InChI is InChI=1S/C18H33N5O.HI/c1-7-19-18(20-9-8-16-14(5)22-24-15(16)6)21-17-11-23(12(2)3)10-13(17)4;/h12-13,17H,7-11H2,1-6H3,(H2,19,20,21);1H. The molecule has 1 fully saturated rings. The largest absolute Gasteiger partial charge is 0.361 e. The zero-order valence-corrected chi connectivity index (χ0v) is 18.8. The summed E-state index contributed by atoms with van der Waals surface area (Å²) in [6, 6.07) is 1.04. The van der Waals surface area contributed by atoms with Crippen molar-refractivity contribution < 1.29 is 4.52 Å². The summed E-state index contributed by atoms with van der Waals surface area (Å²) in [5.74, 6) is 2.43. The number of rotatable bonds is 6. The first-order valence-corrected chi connectivity index (χ1v) is 9.13. The van der Waals surface area contributed by atoms with E-state index in [9.17, 15) is 0 Å². The molecule has 1 aliphatic rings. The van der Waals surface area contributed by atoms with E-state index in [2.05, 4.69) is 48.4 Å². The van der Waals surface area contributed by atoms with Gasteiger partial charge in [-0.1, -0.05) is 12.1 Å². The highest BCUT2D eigenvalue weighted by Gasteiger charge is 2.31. The molecule has 7 heteroatoms. The van der Waals surface area contributed by atoms with Crippen LogP contribution in [0.4, 0.5) is 0 Å². The highest BCUT2D eigenvalue weighted by molar-refractivity contribution is 14.0. The Morgan fingerprint density at radius 2 is 2.08 bits per heavy atom. The van der Waals surface area contributed by atoms with E-state index >= 15 is 0 Å². The van der Waals surface area contributed by atoms with Gasteiger partial charge < -0.3 is 15.2 Å². The number of aliphatic imine (C=N–C) groups is 1. The van der Waals surface area contributed by atoms with Crippen LogP contribution >= 0.6 is 24.0 Å². The van der Waals surface area contributed by atoms with Crippen LogP contribution in [0.3, 0.4) is 0 Å². The van der Waals surface area contributed by atoms with E-state index in [-0.39, 0.29) is 24.0 Å². The Morgan fingerprint density at radius 1 is 1.36 bits per heavy atom. The Labute approximate surface area is 169 Å². The van der Waals surface area contributed by atoms with Gasteiger partial charge in [0.25, 0.3) is 0 Å². The maximum atomic E-state index is 5.22. The first kappa shape index (κ1) is 22.2. The van der Waals surface area contributed by atoms with Gasteiger partial charge in [-0.05, 0) is 47.0 Å². The Hall–Kier alpha value is -0.830. The molecule has 0 aromatic carbocycles. The van der Waals surface area contributed by atoms with Gasteiger partial charge in [-0.2, -0.15) is 0 Å². The lowest BCUT2D eigenvalue weighted by atomic mass is 10.1. The van der Waals surface area contributed by atoms with Gasteiger partial charge in [0.1, 0.15) is 5.76 Å². The van der Waals surface area contributed by atoms with Crippen molar-refractivity contribution in [3.63, 3.8) is 0 Å². The van der Waals surface area contributed by atoms with Crippen molar-refractivity contribution in [2.75, 3.05) is 26.2 Å². The van der Waals surface area contributed by atoms with E-state index in [1.165, 1.54) is 5.56 Å². The van der Waals surface area contributed by atoms with Crippen molar-refractivity contribution in [3.05, 3.63) is 17.0 Å². The van der Waals surface area contributed by atoms with Gasteiger partial charge in [-0.3, -0.25) is 9.89 Å². The zero-order chi connectivity index (χ0) is 17.7. The summed E-state index contributed by atoms with van der Waals surface area (Å²) in [5, 5.41) is 11.0. The maximum absolute atomic E-state index is 5.22. The summed E-state index contributed by atoms with van der Waals surface area (Å²) >= 11 is 0. The van der Waals surface area contributed by atoms with Gasteiger partial charge in [0, 0.05) is 43.8 Å². The molecular formula is C18H34IN5O. The second-order valence-electron chi connectivity index (χ2n) is 7.09. The topological polar surface area (TPSA) is 65.7 Å². The third kappa shape index (κ3) is 6.13. The Morgan fingerprint density at radius 3 is 2.60 bits per heavy atom. The van der Waals surface area contributed by atoms with Crippen LogP contribution in [-0.4, -0.2) is 54.3 Å². The van der Waals surface area contributed by atoms with E-state index in [1.54, 1.807) is 0 Å². The molecule has 0 amide bonds. The number of nitrogens with one attached hydrogen (secondary N) is 2. The SMILES string of the molecule is CCNC(=NCCc1c(C)noc1C)NC1CN(C(C)C)CC1C.I. The lowest BCUT2D eigenvalue weighted by Crippen LogP contribution is -2.47. The summed E-state index contributed by atoms with van der Waals surface area (Å²) in [5.41, 5.74) is 2.15. The summed E-state index contributed by atoms with van der Waals surface area (Å²) in [4.78, 5) is 7.27. The van der Waals surface area contributed by atoms with Gasteiger partial charge in [0.15, 0.2) is 5.96 Å². The number of hydrogen-bond acceptors (Lipinski definition) is 4. The molecule has 6 nitrogen and oxygen atoms in total. The summed E-state index contributed by atoms with van der Waals surface area (Å²) in [7, 11) is 0. The van der Waals surface area contributed by atoms with Crippen LogP contribution in [-0.2, 0) is 6.42 Å². The molecular weight excluding hydrogens is 429 g/mol. The molecule has 2 N–H and O–H groups in total. The molecule has 0 bridgehead atoms. The van der Waals surface area contributed by atoms with Gasteiger partial charge in [-0.25, -0.2) is 0 Å². The number of guanidine groups is 1. The molecule has 0 saturated carbocycles. The number of halogens is 1. The molecule has 144 valence electrons. The number of likely N-dealkylation sites (tertiary alicyclic amines) is 1. The van der Waals surface area contributed by atoms with Crippen molar-refractivity contribution in [2.24, 2.45) is 10.9 Å². The second-order valence-corrected chi connectivity index (χ2v) is 7.09. The highest BCUT2D eigenvalue weighted by atomic mass is 127. The van der Waals surface area contributed by atoms with Crippen LogP contribution in [0.2, 0.25) is 0 Å². The van der Waals surface area contributed by atoms with Gasteiger partial charge in [-0.15, -0.1) is 24.0 Å². The molecule has 1 aromatic heterocycles. The Bertz CT molecular complexity index is 538. The lowest BCUT2D eigenvalue weighted by Gasteiger charge is -2.21. The molecule has 2 heterocycles. The molecule has 0 spiro atoms. The highest BCUT2D eigenvalue weighted by Crippen LogP contribution is 2.18. The predicted octanol–water partition coefficient (Wildman–Crippen LogP) is 2.74. The fraction of sp³-hybridized carbons (Fsp3) is 0.778. The average molecular weight is 463 g/mol. The van der Waals surface area contributed by atoms with E-state index in [0.717, 1.165) is 50.0 Å². The minimum Gasteiger partial charge on any atom is -0.361 e. The summed E-state index contributed by atoms with van der Waals surface area (Å²) in [6.07, 6.45) is 0.857. The number of aromatic nitrogens is 1. The fourth-order valence-corrected chi connectivity index (χ4v) is 3.25. The summed E-state index contributed by atoms with van der Waals surface area (Å²) < 4.78 is 5.22. The predicted molar refractivity (Wildman–Crippen MR) is 114 cm³/mol. The number of nitrogens with zero attached hydrogens (tertiary/aromatic N) is 3. The van der Waals surface area contributed by atoms with Crippen LogP contribution in [0.5, 0.6) is 0 Å². The van der Waals surface area contributed by atoms with Crippen LogP contribution in [0.1, 0.15) is 44.7 Å². The molecule has 1 aliphatic heterocycles. The van der Waals surface area contributed by atoms with Crippen LogP contribution in [0, 0.1) is 19.8 Å². The Balaban J connectivity index is 0.00000312. The van der Waals surface area contributed by atoms with E-state index in [1.807, 2.05) is 13.8 Å². The van der Waals surface area contributed by atoms with Crippen LogP contribution < -0.4 is 10.6 Å². The second kappa shape index (κ2) is 10.4. The normalized spacial score (nSPS) is 21.5. The third-order valence-electron chi connectivity index (χ3n) is 4.85. The molecule has 1 saturated heterocycles. The fourth-order valence-electron chi connectivity index (χ4n) is 3.25. The Kier molecular flexibility index (Phi) is 9.20. The lowest BCUT2D eigenvalue weighted by molar-refractivity contribution is 0.265. The number of hydrogen-bond donors (Lipinski definition) is 2. The van der Waals surface area contributed by atoms with Crippen molar-refractivity contribution in [2.45, 2.75) is 60.0 Å². The third-order valence-corrected chi connectivity index (χ3v) is 4.85. The smallest absolute Gasteiger partial charge is 0.191 e. The minimum absolute atomic E-state index is 0. The zero-order valence-electron chi connectivity index (χ0n) is 16.4. The molecule has 0 aliphatic carbocycles. The molecule has 2 atom stereocenters. The van der Waals surface area contributed by atoms with Crippen molar-refractivity contribution >= 4 is 29.9 Å². The molecule has 25 heavy (non-hydrogen) atoms. The maximum Gasteiger partial charge on any atom is 0.191 e. The monoisotopic (exact) mass is 463 g/mol. The van der Waals surface area contributed by atoms with Crippen molar-refractivity contribution in [3.8, 4) is 0 Å². The van der Waals surface area contributed by atoms with Crippen molar-refractivity contribution in [1.29, 1.82) is 0 Å². The molecule has 2 unspecified atom stereocenters. The first-order chi connectivity index (χ1) is 11.4. The van der Waals surface area contributed by atoms with Gasteiger partial charge in [0.2, 0.25) is 0 Å². The minimum atomic E-state index is 0.